The molecule has 0 saturated heterocycles. The highest BCUT2D eigenvalue weighted by Crippen LogP contribution is 2.25. The van der Waals surface area contributed by atoms with E-state index in [0.717, 1.165) is 22.0 Å². The van der Waals surface area contributed by atoms with Crippen LogP contribution < -0.4 is 0 Å². The Labute approximate surface area is 116 Å². The Kier molecular flexibility index (Phi) is 4.65. The van der Waals surface area contributed by atoms with Gasteiger partial charge in [-0.2, -0.15) is 0 Å². The summed E-state index contributed by atoms with van der Waals surface area (Å²) in [4.78, 5) is 18.1. The lowest BCUT2D eigenvalue weighted by Crippen LogP contribution is -2.20. The Balaban J connectivity index is 1.96. The molecule has 0 amide bonds. The number of benzene rings is 1. The van der Waals surface area contributed by atoms with Crippen molar-refractivity contribution in [2.24, 2.45) is 0 Å². The van der Waals surface area contributed by atoms with Gasteiger partial charge in [-0.1, -0.05) is 30.3 Å². The number of thiazole rings is 1. The minimum atomic E-state index is -0.763. The fourth-order valence-electron chi connectivity index (χ4n) is 1.73. The second-order valence-electron chi connectivity index (χ2n) is 4.38. The molecule has 0 spiro atoms. The van der Waals surface area contributed by atoms with E-state index in [1.165, 1.54) is 0 Å². The number of carbonyl (C=O) groups is 1. The summed E-state index contributed by atoms with van der Waals surface area (Å²) in [6, 6.07) is 10.1. The zero-order valence-corrected chi connectivity index (χ0v) is 11.6. The summed E-state index contributed by atoms with van der Waals surface area (Å²) < 4.78 is 0. The van der Waals surface area contributed by atoms with Crippen LogP contribution in [-0.4, -0.2) is 34.6 Å². The number of rotatable bonds is 6. The van der Waals surface area contributed by atoms with Crippen molar-refractivity contribution < 1.29 is 9.90 Å². The van der Waals surface area contributed by atoms with Gasteiger partial charge in [0.25, 0.3) is 0 Å². The van der Waals surface area contributed by atoms with Crippen LogP contribution in [0, 0.1) is 0 Å². The topological polar surface area (TPSA) is 53.4 Å². The molecule has 0 aliphatic carbocycles. The van der Waals surface area contributed by atoms with Crippen LogP contribution in [0.5, 0.6) is 0 Å². The van der Waals surface area contributed by atoms with E-state index in [1.54, 1.807) is 11.3 Å². The van der Waals surface area contributed by atoms with Crippen molar-refractivity contribution in [2.45, 2.75) is 13.0 Å². The molecule has 19 heavy (non-hydrogen) atoms. The molecule has 5 heteroatoms. The number of carboxylic acid groups (broad SMARTS) is 1. The smallest absolute Gasteiger partial charge is 0.304 e. The molecule has 0 aliphatic rings. The summed E-state index contributed by atoms with van der Waals surface area (Å²) in [5.74, 6) is -0.763. The van der Waals surface area contributed by atoms with E-state index in [2.05, 4.69) is 4.98 Å². The van der Waals surface area contributed by atoms with E-state index in [0.29, 0.717) is 6.54 Å². The number of carboxylic acids is 1. The molecular weight excluding hydrogens is 260 g/mol. The van der Waals surface area contributed by atoms with Crippen molar-refractivity contribution in [1.29, 1.82) is 0 Å². The number of hydrogen-bond acceptors (Lipinski definition) is 4. The molecule has 0 atom stereocenters. The molecule has 1 heterocycles. The second kappa shape index (κ2) is 6.45. The zero-order chi connectivity index (χ0) is 13.7. The average molecular weight is 276 g/mol. The summed E-state index contributed by atoms with van der Waals surface area (Å²) in [6.45, 7) is 1.28. The Hall–Kier alpha value is -1.72. The number of hydrogen-bond donors (Lipinski definition) is 1. The summed E-state index contributed by atoms with van der Waals surface area (Å²) in [6.07, 6.45) is 2.03. The summed E-state index contributed by atoms with van der Waals surface area (Å²) in [5.41, 5.74) is 1.12. The van der Waals surface area contributed by atoms with Crippen LogP contribution in [0.4, 0.5) is 0 Å². The summed E-state index contributed by atoms with van der Waals surface area (Å²) >= 11 is 1.65. The normalized spacial score (nSPS) is 10.8. The van der Waals surface area contributed by atoms with Crippen molar-refractivity contribution in [2.75, 3.05) is 13.6 Å². The molecule has 2 rings (SSSR count). The molecule has 0 bridgehead atoms. The van der Waals surface area contributed by atoms with Gasteiger partial charge in [-0.15, -0.1) is 11.3 Å². The SMILES string of the molecule is CN(CCC(=O)O)Cc1cnc(-c2ccccc2)s1. The van der Waals surface area contributed by atoms with Gasteiger partial charge in [-0.3, -0.25) is 4.79 Å². The third-order valence-electron chi connectivity index (χ3n) is 2.71. The van der Waals surface area contributed by atoms with Gasteiger partial charge in [0, 0.05) is 29.7 Å². The molecule has 0 saturated carbocycles. The van der Waals surface area contributed by atoms with Crippen LogP contribution in [0.3, 0.4) is 0 Å². The minimum Gasteiger partial charge on any atom is -0.481 e. The van der Waals surface area contributed by atoms with Crippen LogP contribution in [0.1, 0.15) is 11.3 Å². The van der Waals surface area contributed by atoms with Crippen LogP contribution in [0.25, 0.3) is 10.6 Å². The van der Waals surface area contributed by atoms with Crippen LogP contribution >= 0.6 is 11.3 Å². The highest BCUT2D eigenvalue weighted by Gasteiger charge is 2.08. The van der Waals surface area contributed by atoms with Crippen molar-refractivity contribution >= 4 is 17.3 Å². The lowest BCUT2D eigenvalue weighted by Gasteiger charge is -2.13. The van der Waals surface area contributed by atoms with Crippen molar-refractivity contribution in [3.63, 3.8) is 0 Å². The number of nitrogens with zero attached hydrogens (tertiary/aromatic N) is 2. The maximum Gasteiger partial charge on any atom is 0.304 e. The van der Waals surface area contributed by atoms with Gasteiger partial charge in [-0.25, -0.2) is 4.98 Å². The lowest BCUT2D eigenvalue weighted by atomic mass is 10.2. The van der Waals surface area contributed by atoms with Crippen LogP contribution in [0.15, 0.2) is 36.5 Å². The third kappa shape index (κ3) is 4.15. The van der Waals surface area contributed by atoms with E-state index < -0.39 is 5.97 Å². The predicted molar refractivity (Wildman–Crippen MR) is 76.1 cm³/mol. The van der Waals surface area contributed by atoms with E-state index >= 15 is 0 Å². The van der Waals surface area contributed by atoms with Gasteiger partial charge in [0.2, 0.25) is 0 Å². The Morgan fingerprint density at radius 2 is 2.11 bits per heavy atom. The molecule has 0 unspecified atom stereocenters. The first-order valence-electron chi connectivity index (χ1n) is 6.05. The largest absolute Gasteiger partial charge is 0.481 e. The van der Waals surface area contributed by atoms with E-state index in [-0.39, 0.29) is 6.42 Å². The van der Waals surface area contributed by atoms with E-state index in [4.69, 9.17) is 5.11 Å². The molecule has 1 aromatic carbocycles. The monoisotopic (exact) mass is 276 g/mol. The second-order valence-corrected chi connectivity index (χ2v) is 5.49. The lowest BCUT2D eigenvalue weighted by molar-refractivity contribution is -0.137. The van der Waals surface area contributed by atoms with E-state index in [1.807, 2.05) is 48.5 Å². The Bertz CT molecular complexity index is 539. The highest BCUT2D eigenvalue weighted by atomic mass is 32.1. The molecule has 1 aromatic heterocycles. The quantitative estimate of drug-likeness (QED) is 0.881. The van der Waals surface area contributed by atoms with Crippen molar-refractivity contribution in [3.8, 4) is 10.6 Å². The highest BCUT2D eigenvalue weighted by molar-refractivity contribution is 7.15. The van der Waals surface area contributed by atoms with Crippen LogP contribution in [0.2, 0.25) is 0 Å². The third-order valence-corrected chi connectivity index (χ3v) is 3.74. The van der Waals surface area contributed by atoms with Gasteiger partial charge < -0.3 is 10.0 Å². The van der Waals surface area contributed by atoms with Crippen molar-refractivity contribution in [1.82, 2.24) is 9.88 Å². The maximum atomic E-state index is 10.5. The Morgan fingerprint density at radius 1 is 1.37 bits per heavy atom. The van der Waals surface area contributed by atoms with Crippen LogP contribution in [-0.2, 0) is 11.3 Å². The van der Waals surface area contributed by atoms with Gasteiger partial charge in [0.1, 0.15) is 5.01 Å². The average Bonchev–Trinajstić information content (AvgIpc) is 2.86. The first-order chi connectivity index (χ1) is 9.15. The van der Waals surface area contributed by atoms with Gasteiger partial charge in [-0.05, 0) is 7.05 Å². The van der Waals surface area contributed by atoms with Gasteiger partial charge in [0.05, 0.1) is 6.42 Å². The molecule has 2 aromatic rings. The molecule has 0 aliphatic heterocycles. The fraction of sp³-hybridized carbons (Fsp3) is 0.286. The maximum absolute atomic E-state index is 10.5. The van der Waals surface area contributed by atoms with Gasteiger partial charge in [0.15, 0.2) is 0 Å². The fourth-order valence-corrected chi connectivity index (χ4v) is 2.72. The van der Waals surface area contributed by atoms with Crippen molar-refractivity contribution in [3.05, 3.63) is 41.4 Å². The Morgan fingerprint density at radius 3 is 2.79 bits per heavy atom. The number of aromatic nitrogens is 1. The first-order valence-corrected chi connectivity index (χ1v) is 6.87. The standard InChI is InChI=1S/C14H16N2O2S/c1-16(8-7-13(17)18)10-12-9-15-14(19-12)11-5-3-2-4-6-11/h2-6,9H,7-8,10H2,1H3,(H,17,18). The molecule has 1 N–H and O–H groups in total. The predicted octanol–water partition coefficient (Wildman–Crippen LogP) is 2.72. The molecule has 0 radical (unpaired) electrons. The molecule has 4 nitrogen and oxygen atoms in total. The molecule has 0 fully saturated rings. The molecular formula is C14H16N2O2S. The zero-order valence-electron chi connectivity index (χ0n) is 10.7. The molecule has 100 valence electrons. The minimum absolute atomic E-state index is 0.168. The first kappa shape index (κ1) is 13.7. The van der Waals surface area contributed by atoms with E-state index in [9.17, 15) is 4.79 Å². The van der Waals surface area contributed by atoms with Gasteiger partial charge >= 0.3 is 5.97 Å². The number of aliphatic carboxylic acids is 1. The summed E-state index contributed by atoms with van der Waals surface area (Å²) in [5, 5.41) is 9.65. The summed E-state index contributed by atoms with van der Waals surface area (Å²) in [7, 11) is 1.92.